The number of aryl methyl sites for hydroxylation is 2. The van der Waals surface area contributed by atoms with Gasteiger partial charge in [-0.2, -0.15) is 0 Å². The molecule has 3 rings (SSSR count). The van der Waals surface area contributed by atoms with E-state index in [1.807, 2.05) is 50.2 Å². The molecule has 0 saturated carbocycles. The molecule has 0 unspecified atom stereocenters. The van der Waals surface area contributed by atoms with E-state index < -0.39 is 18.5 Å². The normalized spacial score (nSPS) is 10.4. The third-order valence-corrected chi connectivity index (χ3v) is 5.60. The molecule has 0 aliphatic heterocycles. The van der Waals surface area contributed by atoms with Crippen LogP contribution in [0.2, 0.25) is 0 Å². The Labute approximate surface area is 213 Å². The number of amides is 2. The van der Waals surface area contributed by atoms with Crippen molar-refractivity contribution in [3.05, 3.63) is 82.3 Å². The average Bonchev–Trinajstić information content (AvgIpc) is 2.85. The Kier molecular flexibility index (Phi) is 9.43. The van der Waals surface area contributed by atoms with Gasteiger partial charge in [-0.25, -0.2) is 0 Å². The number of para-hydroxylation sites is 1. The van der Waals surface area contributed by atoms with E-state index in [1.54, 1.807) is 30.3 Å². The topological polar surface area (TPSA) is 93.7 Å². The van der Waals surface area contributed by atoms with Gasteiger partial charge in [-0.05, 0) is 73.0 Å². The fourth-order valence-corrected chi connectivity index (χ4v) is 3.63. The zero-order valence-corrected chi connectivity index (χ0v) is 21.2. The Hall–Kier alpha value is -3.65. The molecule has 3 aromatic rings. The maximum Gasteiger partial charge on any atom is 0.306 e. The van der Waals surface area contributed by atoms with Gasteiger partial charge < -0.3 is 20.1 Å². The average molecular weight is 539 g/mol. The van der Waals surface area contributed by atoms with Gasteiger partial charge in [0.1, 0.15) is 11.5 Å². The summed E-state index contributed by atoms with van der Waals surface area (Å²) in [6.45, 7) is 3.53. The van der Waals surface area contributed by atoms with Gasteiger partial charge in [0.2, 0.25) is 5.91 Å². The smallest absolute Gasteiger partial charge is 0.306 e. The Balaban J connectivity index is 1.39. The molecule has 7 nitrogen and oxygen atoms in total. The predicted octanol–water partition coefficient (Wildman–Crippen LogP) is 6.01. The lowest BCUT2D eigenvalue weighted by Gasteiger charge is -2.11. The van der Waals surface area contributed by atoms with Gasteiger partial charge in [-0.3, -0.25) is 14.4 Å². The van der Waals surface area contributed by atoms with Crippen LogP contribution in [0, 0.1) is 6.92 Å². The highest BCUT2D eigenvalue weighted by Gasteiger charge is 2.12. The molecule has 0 spiro atoms. The second-order valence-corrected chi connectivity index (χ2v) is 8.72. The Morgan fingerprint density at radius 1 is 0.886 bits per heavy atom. The number of hydrogen-bond acceptors (Lipinski definition) is 5. The summed E-state index contributed by atoms with van der Waals surface area (Å²) in [7, 11) is 0. The first-order valence-electron chi connectivity index (χ1n) is 11.2. The van der Waals surface area contributed by atoms with Crippen molar-refractivity contribution in [2.45, 2.75) is 33.1 Å². The molecule has 0 bridgehead atoms. The van der Waals surface area contributed by atoms with Crippen LogP contribution in [-0.2, 0) is 25.5 Å². The largest absolute Gasteiger partial charge is 0.457 e. The molecule has 0 heterocycles. The highest BCUT2D eigenvalue weighted by atomic mass is 79.9. The van der Waals surface area contributed by atoms with Crippen molar-refractivity contribution in [3.8, 4) is 11.5 Å². The van der Waals surface area contributed by atoms with Crippen molar-refractivity contribution in [1.29, 1.82) is 0 Å². The monoisotopic (exact) mass is 538 g/mol. The number of ether oxygens (including phenoxy) is 2. The van der Waals surface area contributed by atoms with Gasteiger partial charge in [0.15, 0.2) is 6.61 Å². The number of anilines is 2. The third kappa shape index (κ3) is 8.26. The van der Waals surface area contributed by atoms with Gasteiger partial charge >= 0.3 is 5.97 Å². The van der Waals surface area contributed by atoms with Crippen LogP contribution in [0.25, 0.3) is 0 Å². The lowest BCUT2D eigenvalue weighted by atomic mass is 10.1. The Morgan fingerprint density at radius 3 is 2.34 bits per heavy atom. The first-order chi connectivity index (χ1) is 16.8. The van der Waals surface area contributed by atoms with E-state index in [0.29, 0.717) is 17.1 Å². The van der Waals surface area contributed by atoms with Gasteiger partial charge in [0.25, 0.3) is 5.91 Å². The first-order valence-corrected chi connectivity index (χ1v) is 12.0. The van der Waals surface area contributed by atoms with Gasteiger partial charge in [-0.1, -0.05) is 41.1 Å². The van der Waals surface area contributed by atoms with Crippen LogP contribution in [-0.4, -0.2) is 24.4 Å². The molecule has 0 aliphatic rings. The second-order valence-electron chi connectivity index (χ2n) is 7.80. The minimum absolute atomic E-state index is 0.0609. The fourth-order valence-electron chi connectivity index (χ4n) is 3.22. The molecule has 0 atom stereocenters. The molecule has 0 fully saturated rings. The van der Waals surface area contributed by atoms with Crippen molar-refractivity contribution in [2.75, 3.05) is 17.2 Å². The van der Waals surface area contributed by atoms with Crippen molar-refractivity contribution in [2.24, 2.45) is 0 Å². The molecule has 2 amide bonds. The van der Waals surface area contributed by atoms with Gasteiger partial charge in [-0.15, -0.1) is 0 Å². The summed E-state index contributed by atoms with van der Waals surface area (Å²) in [6, 6.07) is 20.2. The second kappa shape index (κ2) is 12.7. The van der Waals surface area contributed by atoms with Crippen molar-refractivity contribution in [3.63, 3.8) is 0 Å². The summed E-state index contributed by atoms with van der Waals surface area (Å²) in [6.07, 6.45) is 0.549. The summed E-state index contributed by atoms with van der Waals surface area (Å²) in [5.74, 6) is 0.0190. The van der Waals surface area contributed by atoms with Crippen LogP contribution in [0.15, 0.2) is 71.2 Å². The van der Waals surface area contributed by atoms with Crippen LogP contribution >= 0.6 is 15.9 Å². The fraction of sp³-hybridized carbons (Fsp3) is 0.222. The van der Waals surface area contributed by atoms with Crippen LogP contribution in [0.5, 0.6) is 11.5 Å². The molecule has 0 aliphatic carbocycles. The van der Waals surface area contributed by atoms with Crippen molar-refractivity contribution < 1.29 is 23.9 Å². The predicted molar refractivity (Wildman–Crippen MR) is 139 cm³/mol. The minimum Gasteiger partial charge on any atom is -0.457 e. The number of carbonyl (C=O) groups excluding carboxylic acids is 3. The zero-order chi connectivity index (χ0) is 25.2. The lowest BCUT2D eigenvalue weighted by Crippen LogP contribution is -2.22. The van der Waals surface area contributed by atoms with Crippen LogP contribution < -0.4 is 15.4 Å². The minimum atomic E-state index is -0.621. The third-order valence-electron chi connectivity index (χ3n) is 5.10. The van der Waals surface area contributed by atoms with E-state index in [2.05, 4.69) is 26.6 Å². The SMILES string of the molecule is CCc1cc(Br)ccc1NC(=O)COC(=O)CCC(=O)Nc1ccc(Oc2ccccc2C)cc1. The van der Waals surface area contributed by atoms with E-state index in [-0.39, 0.29) is 18.7 Å². The number of nitrogens with one attached hydrogen (secondary N) is 2. The van der Waals surface area contributed by atoms with Crippen LogP contribution in [0.4, 0.5) is 11.4 Å². The van der Waals surface area contributed by atoms with Crippen LogP contribution in [0.3, 0.4) is 0 Å². The molecular formula is C27H27BrN2O5. The number of halogens is 1. The van der Waals surface area contributed by atoms with E-state index in [0.717, 1.165) is 27.8 Å². The van der Waals surface area contributed by atoms with Crippen molar-refractivity contribution in [1.82, 2.24) is 0 Å². The zero-order valence-electron chi connectivity index (χ0n) is 19.6. The van der Waals surface area contributed by atoms with Gasteiger partial charge in [0.05, 0.1) is 6.42 Å². The lowest BCUT2D eigenvalue weighted by molar-refractivity contribution is -0.147. The maximum absolute atomic E-state index is 12.2. The number of hydrogen-bond donors (Lipinski definition) is 2. The number of benzene rings is 3. The number of esters is 1. The summed E-state index contributed by atoms with van der Waals surface area (Å²) < 4.78 is 11.8. The molecule has 0 radical (unpaired) electrons. The summed E-state index contributed by atoms with van der Waals surface area (Å²) in [4.78, 5) is 36.3. The number of carbonyl (C=O) groups is 3. The maximum atomic E-state index is 12.2. The molecule has 3 aromatic carbocycles. The van der Waals surface area contributed by atoms with Gasteiger partial charge in [0, 0.05) is 22.3 Å². The Bertz CT molecular complexity index is 1190. The molecule has 0 aromatic heterocycles. The quantitative estimate of drug-likeness (QED) is 0.308. The first kappa shape index (κ1) is 26.0. The molecule has 8 heteroatoms. The standard InChI is InChI=1S/C27H27BrN2O5/c1-3-19-16-20(28)8-13-23(19)30-26(32)17-34-27(33)15-14-25(31)29-21-9-11-22(12-10-21)35-24-7-5-4-6-18(24)2/h4-13,16H,3,14-15,17H2,1-2H3,(H,29,31)(H,30,32). The molecule has 35 heavy (non-hydrogen) atoms. The van der Waals surface area contributed by atoms with Crippen molar-refractivity contribution >= 4 is 45.1 Å². The van der Waals surface area contributed by atoms with Crippen LogP contribution in [0.1, 0.15) is 30.9 Å². The van der Waals surface area contributed by atoms with E-state index in [1.165, 1.54) is 0 Å². The molecule has 182 valence electrons. The molecule has 0 saturated heterocycles. The summed E-state index contributed by atoms with van der Waals surface area (Å²) in [5, 5.41) is 5.47. The highest BCUT2D eigenvalue weighted by molar-refractivity contribution is 9.10. The Morgan fingerprint density at radius 2 is 1.63 bits per heavy atom. The number of rotatable bonds is 10. The summed E-state index contributed by atoms with van der Waals surface area (Å²) >= 11 is 3.40. The van der Waals surface area contributed by atoms with E-state index >= 15 is 0 Å². The highest BCUT2D eigenvalue weighted by Crippen LogP contribution is 2.26. The van der Waals surface area contributed by atoms with E-state index in [4.69, 9.17) is 9.47 Å². The summed E-state index contributed by atoms with van der Waals surface area (Å²) in [5.41, 5.74) is 3.24. The molecular weight excluding hydrogens is 512 g/mol. The molecule has 2 N–H and O–H groups in total. The van der Waals surface area contributed by atoms with E-state index in [9.17, 15) is 14.4 Å².